The fourth-order valence-corrected chi connectivity index (χ4v) is 3.75. The Hall–Kier alpha value is -0.630. The number of piperidine rings is 1. The van der Waals surface area contributed by atoms with Crippen LogP contribution >= 0.6 is 0 Å². The molecule has 2 spiro atoms. The highest BCUT2D eigenvalue weighted by Crippen LogP contribution is 2.52. The number of hydrogen-bond acceptors (Lipinski definition) is 4. The molecular weight excluding hydrogens is 216 g/mol. The lowest BCUT2D eigenvalue weighted by molar-refractivity contribution is -0.181. The molecule has 17 heavy (non-hydrogen) atoms. The molecule has 0 aromatic heterocycles. The van der Waals surface area contributed by atoms with Crippen molar-refractivity contribution in [3.05, 3.63) is 0 Å². The second-order valence-electron chi connectivity index (χ2n) is 5.86. The molecule has 2 atom stereocenters. The van der Waals surface area contributed by atoms with E-state index in [9.17, 15) is 0 Å². The van der Waals surface area contributed by atoms with Gasteiger partial charge in [0.15, 0.2) is 6.10 Å². The first-order chi connectivity index (χ1) is 8.26. The monoisotopic (exact) mass is 236 g/mol. The van der Waals surface area contributed by atoms with Gasteiger partial charge in [-0.05, 0) is 50.6 Å². The van der Waals surface area contributed by atoms with Gasteiger partial charge in [-0.3, -0.25) is 0 Å². The lowest BCUT2D eigenvalue weighted by atomic mass is 9.76. The van der Waals surface area contributed by atoms with Crippen LogP contribution in [0, 0.1) is 16.7 Å². The molecule has 1 aliphatic carbocycles. The molecule has 0 radical (unpaired) electrons. The van der Waals surface area contributed by atoms with E-state index in [-0.39, 0.29) is 11.7 Å². The minimum atomic E-state index is -0.361. The largest absolute Gasteiger partial charge is 0.375 e. The summed E-state index contributed by atoms with van der Waals surface area (Å²) >= 11 is 0. The summed E-state index contributed by atoms with van der Waals surface area (Å²) in [6, 6.07) is 2.19. The van der Waals surface area contributed by atoms with Crippen LogP contribution in [0.1, 0.15) is 32.1 Å². The van der Waals surface area contributed by atoms with Crippen LogP contribution in [0.5, 0.6) is 0 Å². The SMILES string of the molecule is N#CC1COCC2(CCC3(CCNCC3)C2)O1. The first-order valence-electron chi connectivity index (χ1n) is 6.62. The highest BCUT2D eigenvalue weighted by Gasteiger charge is 2.51. The molecule has 3 rings (SSSR count). The van der Waals surface area contributed by atoms with Crippen LogP contribution in [0.2, 0.25) is 0 Å². The van der Waals surface area contributed by atoms with Gasteiger partial charge in [0, 0.05) is 0 Å². The van der Waals surface area contributed by atoms with Crippen LogP contribution in [-0.2, 0) is 9.47 Å². The zero-order valence-electron chi connectivity index (χ0n) is 10.2. The summed E-state index contributed by atoms with van der Waals surface area (Å²) in [7, 11) is 0. The zero-order valence-corrected chi connectivity index (χ0v) is 10.2. The molecule has 0 bridgehead atoms. The Bertz CT molecular complexity index is 333. The van der Waals surface area contributed by atoms with Crippen molar-refractivity contribution in [1.29, 1.82) is 5.26 Å². The van der Waals surface area contributed by atoms with E-state index in [1.165, 1.54) is 19.3 Å². The van der Waals surface area contributed by atoms with Gasteiger partial charge in [0.2, 0.25) is 0 Å². The van der Waals surface area contributed by atoms with Crippen LogP contribution in [0.15, 0.2) is 0 Å². The predicted molar refractivity (Wildman–Crippen MR) is 62.4 cm³/mol. The summed E-state index contributed by atoms with van der Waals surface area (Å²) in [5.74, 6) is 0. The summed E-state index contributed by atoms with van der Waals surface area (Å²) in [5, 5.41) is 12.4. The van der Waals surface area contributed by atoms with Gasteiger partial charge in [0.25, 0.3) is 0 Å². The molecular formula is C13H20N2O2. The molecule has 0 aromatic rings. The second kappa shape index (κ2) is 4.24. The normalized spacial score (nSPS) is 40.5. The molecule has 3 fully saturated rings. The van der Waals surface area contributed by atoms with Gasteiger partial charge in [0.05, 0.1) is 24.9 Å². The summed E-state index contributed by atoms with van der Waals surface area (Å²) in [5.41, 5.74) is 0.294. The molecule has 0 amide bonds. The minimum absolute atomic E-state index is 0.157. The molecule has 2 aliphatic heterocycles. The number of ether oxygens (including phenoxy) is 2. The fourth-order valence-electron chi connectivity index (χ4n) is 3.75. The molecule has 1 saturated carbocycles. The number of hydrogen-bond donors (Lipinski definition) is 1. The van der Waals surface area contributed by atoms with Crippen molar-refractivity contribution in [1.82, 2.24) is 5.32 Å². The van der Waals surface area contributed by atoms with E-state index in [4.69, 9.17) is 14.7 Å². The van der Waals surface area contributed by atoms with E-state index in [0.717, 1.165) is 25.9 Å². The average molecular weight is 236 g/mol. The molecule has 2 heterocycles. The molecule has 4 nitrogen and oxygen atoms in total. The van der Waals surface area contributed by atoms with Crippen LogP contribution in [-0.4, -0.2) is 38.0 Å². The highest BCUT2D eigenvalue weighted by atomic mass is 16.6. The van der Waals surface area contributed by atoms with Gasteiger partial charge in [0.1, 0.15) is 0 Å². The Morgan fingerprint density at radius 1 is 1.18 bits per heavy atom. The van der Waals surface area contributed by atoms with Crippen molar-refractivity contribution in [3.63, 3.8) is 0 Å². The van der Waals surface area contributed by atoms with E-state index in [1.807, 2.05) is 0 Å². The van der Waals surface area contributed by atoms with Crippen molar-refractivity contribution in [2.24, 2.45) is 5.41 Å². The van der Waals surface area contributed by atoms with Crippen LogP contribution in [0.3, 0.4) is 0 Å². The van der Waals surface area contributed by atoms with Gasteiger partial charge < -0.3 is 14.8 Å². The van der Waals surface area contributed by atoms with E-state index < -0.39 is 0 Å². The molecule has 2 unspecified atom stereocenters. The molecule has 1 N–H and O–H groups in total. The Morgan fingerprint density at radius 2 is 2.00 bits per heavy atom. The van der Waals surface area contributed by atoms with E-state index in [0.29, 0.717) is 18.6 Å². The van der Waals surface area contributed by atoms with Gasteiger partial charge in [-0.1, -0.05) is 0 Å². The minimum Gasteiger partial charge on any atom is -0.375 e. The zero-order chi connectivity index (χ0) is 11.8. The number of nitrogens with zero attached hydrogens (tertiary/aromatic N) is 1. The maximum Gasteiger partial charge on any atom is 0.167 e. The summed E-state index contributed by atoms with van der Waals surface area (Å²) in [6.07, 6.45) is 5.51. The Balaban J connectivity index is 1.71. The Morgan fingerprint density at radius 3 is 2.76 bits per heavy atom. The maximum atomic E-state index is 8.97. The average Bonchev–Trinajstić information content (AvgIpc) is 2.69. The Labute approximate surface area is 102 Å². The third-order valence-electron chi connectivity index (χ3n) is 4.64. The van der Waals surface area contributed by atoms with Crippen molar-refractivity contribution in [2.75, 3.05) is 26.3 Å². The maximum absolute atomic E-state index is 8.97. The van der Waals surface area contributed by atoms with Crippen molar-refractivity contribution >= 4 is 0 Å². The summed E-state index contributed by atoms with van der Waals surface area (Å²) in [6.45, 7) is 3.37. The highest BCUT2D eigenvalue weighted by molar-refractivity contribution is 5.04. The van der Waals surface area contributed by atoms with Gasteiger partial charge in [-0.25, -0.2) is 0 Å². The van der Waals surface area contributed by atoms with Crippen molar-refractivity contribution in [3.8, 4) is 6.07 Å². The van der Waals surface area contributed by atoms with Gasteiger partial charge in [-0.2, -0.15) is 5.26 Å². The molecule has 0 aromatic carbocycles. The summed E-state index contributed by atoms with van der Waals surface area (Å²) < 4.78 is 11.6. The van der Waals surface area contributed by atoms with Crippen LogP contribution in [0.25, 0.3) is 0 Å². The standard InChI is InChI=1S/C13H20N2O2/c14-7-11-8-16-10-13(17-11)2-1-12(9-13)3-5-15-6-4-12/h11,15H,1-6,8-10H2. The van der Waals surface area contributed by atoms with Crippen molar-refractivity contribution in [2.45, 2.75) is 43.8 Å². The second-order valence-corrected chi connectivity index (χ2v) is 5.86. The third-order valence-corrected chi connectivity index (χ3v) is 4.64. The first kappa shape index (κ1) is 11.5. The lowest BCUT2D eigenvalue weighted by Crippen LogP contribution is -2.47. The summed E-state index contributed by atoms with van der Waals surface area (Å²) in [4.78, 5) is 0. The van der Waals surface area contributed by atoms with E-state index in [2.05, 4.69) is 11.4 Å². The van der Waals surface area contributed by atoms with Gasteiger partial charge >= 0.3 is 0 Å². The van der Waals surface area contributed by atoms with E-state index in [1.54, 1.807) is 0 Å². The number of rotatable bonds is 0. The number of nitriles is 1. The van der Waals surface area contributed by atoms with Crippen molar-refractivity contribution < 1.29 is 9.47 Å². The van der Waals surface area contributed by atoms with Crippen LogP contribution in [0.4, 0.5) is 0 Å². The smallest absolute Gasteiger partial charge is 0.167 e. The molecule has 2 saturated heterocycles. The predicted octanol–water partition coefficient (Wildman–Crippen LogP) is 1.22. The molecule has 3 aliphatic rings. The lowest BCUT2D eigenvalue weighted by Gasteiger charge is -2.39. The number of nitrogens with one attached hydrogen (secondary N) is 1. The fraction of sp³-hybridized carbons (Fsp3) is 0.923. The third kappa shape index (κ3) is 2.08. The van der Waals surface area contributed by atoms with Crippen LogP contribution < -0.4 is 5.32 Å². The van der Waals surface area contributed by atoms with Gasteiger partial charge in [-0.15, -0.1) is 0 Å². The topological polar surface area (TPSA) is 54.3 Å². The quantitative estimate of drug-likeness (QED) is 0.687. The molecule has 4 heteroatoms. The first-order valence-corrected chi connectivity index (χ1v) is 6.62. The van der Waals surface area contributed by atoms with E-state index >= 15 is 0 Å². The Kier molecular flexibility index (Phi) is 2.86. The molecule has 94 valence electrons.